The minimum atomic E-state index is -0.233. The number of aromatic nitrogens is 2. The lowest BCUT2D eigenvalue weighted by atomic mass is 10.1. The van der Waals surface area contributed by atoms with E-state index in [1.54, 1.807) is 23.7 Å². The predicted molar refractivity (Wildman–Crippen MR) is 81.3 cm³/mol. The van der Waals surface area contributed by atoms with Crippen molar-refractivity contribution in [3.8, 4) is 0 Å². The summed E-state index contributed by atoms with van der Waals surface area (Å²) in [6, 6.07) is 4.68. The Kier molecular flexibility index (Phi) is 3.14. The predicted octanol–water partition coefficient (Wildman–Crippen LogP) is 4.50. The minimum Gasteiger partial charge on any atom is -0.339 e. The molecule has 1 N–H and O–H groups in total. The number of anilines is 2. The number of nitrogens with one attached hydrogen (secondary N) is 1. The molecule has 5 heteroatoms. The van der Waals surface area contributed by atoms with Gasteiger partial charge in [-0.05, 0) is 50.1 Å². The van der Waals surface area contributed by atoms with Gasteiger partial charge in [-0.2, -0.15) is 0 Å². The molecule has 0 bridgehead atoms. The summed E-state index contributed by atoms with van der Waals surface area (Å²) in [5.74, 6) is 0.537. The Bertz CT molecular complexity index is 795. The second-order valence-electron chi connectivity index (χ2n) is 4.77. The highest BCUT2D eigenvalue weighted by Crippen LogP contribution is 2.34. The zero-order valence-corrected chi connectivity index (χ0v) is 12.3. The third-order valence-corrected chi connectivity index (χ3v) is 4.52. The van der Waals surface area contributed by atoms with Crippen LogP contribution in [0, 0.1) is 26.6 Å². The van der Waals surface area contributed by atoms with E-state index < -0.39 is 0 Å². The Hall–Kier alpha value is -2.01. The van der Waals surface area contributed by atoms with Crippen LogP contribution in [0.15, 0.2) is 24.5 Å². The third kappa shape index (κ3) is 2.14. The maximum atomic E-state index is 13.2. The number of fused-ring (bicyclic) bond motifs is 1. The number of aryl methyl sites for hydroxylation is 3. The highest BCUT2D eigenvalue weighted by Gasteiger charge is 2.12. The van der Waals surface area contributed by atoms with Crippen LogP contribution in [-0.2, 0) is 0 Å². The molecular weight excluding hydrogens is 273 g/mol. The average Bonchev–Trinajstić information content (AvgIpc) is 2.69. The van der Waals surface area contributed by atoms with Gasteiger partial charge in [-0.15, -0.1) is 11.3 Å². The number of nitrogens with zero attached hydrogens (tertiary/aromatic N) is 2. The van der Waals surface area contributed by atoms with Crippen LogP contribution in [0.1, 0.15) is 16.0 Å². The van der Waals surface area contributed by atoms with Gasteiger partial charge in [-0.25, -0.2) is 14.4 Å². The lowest BCUT2D eigenvalue weighted by Crippen LogP contribution is -1.97. The Morgan fingerprint density at radius 2 is 1.95 bits per heavy atom. The molecule has 0 atom stereocenters. The van der Waals surface area contributed by atoms with Crippen molar-refractivity contribution in [3.63, 3.8) is 0 Å². The van der Waals surface area contributed by atoms with E-state index in [1.807, 2.05) is 6.92 Å². The Morgan fingerprint density at radius 1 is 1.15 bits per heavy atom. The molecule has 0 amide bonds. The first-order valence-corrected chi connectivity index (χ1v) is 7.12. The number of halogens is 1. The average molecular weight is 287 g/mol. The van der Waals surface area contributed by atoms with Gasteiger partial charge >= 0.3 is 0 Å². The molecule has 3 nitrogen and oxygen atoms in total. The number of rotatable bonds is 2. The van der Waals surface area contributed by atoms with Crippen LogP contribution < -0.4 is 5.32 Å². The van der Waals surface area contributed by atoms with Gasteiger partial charge in [0.25, 0.3) is 0 Å². The topological polar surface area (TPSA) is 37.8 Å². The Morgan fingerprint density at radius 3 is 2.70 bits per heavy atom. The molecule has 0 radical (unpaired) electrons. The van der Waals surface area contributed by atoms with Crippen molar-refractivity contribution in [2.75, 3.05) is 5.32 Å². The van der Waals surface area contributed by atoms with Gasteiger partial charge in [0, 0.05) is 10.6 Å². The molecular formula is C15H14FN3S. The molecule has 20 heavy (non-hydrogen) atoms. The molecule has 102 valence electrons. The normalized spacial score (nSPS) is 11.0. The summed E-state index contributed by atoms with van der Waals surface area (Å²) in [6.45, 7) is 6.02. The molecule has 0 spiro atoms. The van der Waals surface area contributed by atoms with Crippen molar-refractivity contribution >= 4 is 33.1 Å². The maximum absolute atomic E-state index is 13.2. The first-order chi connectivity index (χ1) is 9.56. The van der Waals surface area contributed by atoms with Gasteiger partial charge in [-0.3, -0.25) is 0 Å². The van der Waals surface area contributed by atoms with E-state index in [1.165, 1.54) is 22.6 Å². The van der Waals surface area contributed by atoms with E-state index in [2.05, 4.69) is 29.1 Å². The highest BCUT2D eigenvalue weighted by atomic mass is 32.1. The summed E-state index contributed by atoms with van der Waals surface area (Å²) < 4.78 is 13.2. The fourth-order valence-corrected chi connectivity index (χ4v) is 3.17. The van der Waals surface area contributed by atoms with Gasteiger partial charge in [0.1, 0.15) is 22.8 Å². The number of benzene rings is 1. The van der Waals surface area contributed by atoms with Crippen LogP contribution in [0.5, 0.6) is 0 Å². The third-order valence-electron chi connectivity index (χ3n) is 3.41. The van der Waals surface area contributed by atoms with Crippen LogP contribution in [0.3, 0.4) is 0 Å². The monoisotopic (exact) mass is 287 g/mol. The van der Waals surface area contributed by atoms with Gasteiger partial charge in [0.2, 0.25) is 0 Å². The fourth-order valence-electron chi connectivity index (χ4n) is 2.17. The second-order valence-corrected chi connectivity index (χ2v) is 5.97. The van der Waals surface area contributed by atoms with Crippen LogP contribution in [0.25, 0.3) is 10.2 Å². The molecule has 2 heterocycles. The fraction of sp³-hybridized carbons (Fsp3) is 0.200. The largest absolute Gasteiger partial charge is 0.339 e. The van der Waals surface area contributed by atoms with E-state index in [9.17, 15) is 4.39 Å². The van der Waals surface area contributed by atoms with Crippen LogP contribution in [-0.4, -0.2) is 9.97 Å². The Balaban J connectivity index is 2.11. The first kappa shape index (κ1) is 13.0. The molecule has 3 rings (SSSR count). The number of hydrogen-bond donors (Lipinski definition) is 1. The van der Waals surface area contributed by atoms with E-state index in [4.69, 9.17) is 0 Å². The quantitative estimate of drug-likeness (QED) is 0.754. The Labute approximate surface area is 120 Å². The lowest BCUT2D eigenvalue weighted by Gasteiger charge is -2.10. The van der Waals surface area contributed by atoms with E-state index >= 15 is 0 Å². The first-order valence-electron chi connectivity index (χ1n) is 6.30. The summed E-state index contributed by atoms with van der Waals surface area (Å²) in [4.78, 5) is 10.8. The molecule has 2 aromatic heterocycles. The van der Waals surface area contributed by atoms with Crippen LogP contribution in [0.2, 0.25) is 0 Å². The lowest BCUT2D eigenvalue weighted by molar-refractivity contribution is 0.627. The van der Waals surface area contributed by atoms with Gasteiger partial charge in [-0.1, -0.05) is 0 Å². The maximum Gasteiger partial charge on any atom is 0.142 e. The van der Waals surface area contributed by atoms with Gasteiger partial charge in [0.05, 0.1) is 5.39 Å². The zero-order chi connectivity index (χ0) is 14.3. The molecule has 3 aromatic rings. The summed E-state index contributed by atoms with van der Waals surface area (Å²) in [6.07, 6.45) is 1.55. The number of thiophene rings is 1. The van der Waals surface area contributed by atoms with Crippen molar-refractivity contribution < 1.29 is 4.39 Å². The van der Waals surface area contributed by atoms with Crippen molar-refractivity contribution in [2.24, 2.45) is 0 Å². The molecule has 0 aliphatic carbocycles. The van der Waals surface area contributed by atoms with Crippen LogP contribution >= 0.6 is 11.3 Å². The second kappa shape index (κ2) is 4.83. The smallest absolute Gasteiger partial charge is 0.142 e. The summed E-state index contributed by atoms with van der Waals surface area (Å²) >= 11 is 1.66. The summed E-state index contributed by atoms with van der Waals surface area (Å²) in [7, 11) is 0. The van der Waals surface area contributed by atoms with E-state index in [0.29, 0.717) is 0 Å². The molecule has 0 fully saturated rings. The molecule has 0 saturated heterocycles. The molecule has 0 aliphatic heterocycles. The van der Waals surface area contributed by atoms with Crippen molar-refractivity contribution in [2.45, 2.75) is 20.8 Å². The highest BCUT2D eigenvalue weighted by molar-refractivity contribution is 7.18. The molecule has 0 aliphatic rings. The van der Waals surface area contributed by atoms with E-state index in [-0.39, 0.29) is 5.82 Å². The summed E-state index contributed by atoms with van der Waals surface area (Å²) in [5.41, 5.74) is 2.89. The zero-order valence-electron chi connectivity index (χ0n) is 11.5. The van der Waals surface area contributed by atoms with E-state index in [0.717, 1.165) is 27.3 Å². The molecule has 0 unspecified atom stereocenters. The number of hydrogen-bond acceptors (Lipinski definition) is 4. The van der Waals surface area contributed by atoms with Gasteiger partial charge in [0.15, 0.2) is 0 Å². The summed E-state index contributed by atoms with van der Waals surface area (Å²) in [5, 5.41) is 4.33. The minimum absolute atomic E-state index is 0.233. The van der Waals surface area contributed by atoms with Crippen molar-refractivity contribution in [1.82, 2.24) is 9.97 Å². The van der Waals surface area contributed by atoms with Gasteiger partial charge < -0.3 is 5.32 Å². The molecule has 0 saturated carbocycles. The molecule has 1 aromatic carbocycles. The van der Waals surface area contributed by atoms with Crippen molar-refractivity contribution in [3.05, 3.63) is 46.3 Å². The van der Waals surface area contributed by atoms with Crippen molar-refractivity contribution in [1.29, 1.82) is 0 Å². The van der Waals surface area contributed by atoms with Crippen LogP contribution in [0.4, 0.5) is 15.9 Å². The SMILES string of the molecule is Cc1cc(F)ccc1Nc1ncnc2sc(C)c(C)c12. The standard InChI is InChI=1S/C15H14FN3S/c1-8-6-11(16)4-5-12(8)19-14-13-9(2)10(3)20-15(13)18-7-17-14/h4-7H,1-3H3,(H,17,18,19).